The Morgan fingerprint density at radius 1 is 1.04 bits per heavy atom. The van der Waals surface area contributed by atoms with Crippen molar-refractivity contribution in [2.24, 2.45) is 0 Å². The first-order valence-corrected chi connectivity index (χ1v) is 10.5. The number of aryl methyl sites for hydroxylation is 1. The Hall–Kier alpha value is -1.89. The number of fused-ring (bicyclic) bond motifs is 1. The Morgan fingerprint density at radius 2 is 1.77 bits per heavy atom. The van der Waals surface area contributed by atoms with Crippen LogP contribution in [0.25, 0.3) is 0 Å². The number of hydrogen-bond donors (Lipinski definition) is 2. The lowest BCUT2D eigenvalue weighted by Gasteiger charge is -2.14. The van der Waals surface area contributed by atoms with Crippen molar-refractivity contribution in [3.05, 3.63) is 64.2 Å². The van der Waals surface area contributed by atoms with Crippen LogP contribution in [0.1, 0.15) is 46.8 Å². The molecule has 2 aliphatic rings. The molecule has 2 N–H and O–H groups in total. The molecule has 5 nitrogen and oxygen atoms in total. The summed E-state index contributed by atoms with van der Waals surface area (Å²) in [6, 6.07) is 11.8. The summed E-state index contributed by atoms with van der Waals surface area (Å²) >= 11 is 6.02. The van der Waals surface area contributed by atoms with E-state index < -0.39 is 10.0 Å². The van der Waals surface area contributed by atoms with E-state index in [9.17, 15) is 13.2 Å². The van der Waals surface area contributed by atoms with Crippen LogP contribution in [0.5, 0.6) is 0 Å². The Kier molecular flexibility index (Phi) is 4.50. The number of benzene rings is 2. The summed E-state index contributed by atoms with van der Waals surface area (Å²) in [5, 5.41) is 3.73. The highest BCUT2D eigenvalue weighted by molar-refractivity contribution is 7.89. The lowest BCUT2D eigenvalue weighted by atomic mass is 10.1. The number of amides is 1. The Balaban J connectivity index is 1.46. The van der Waals surface area contributed by atoms with Gasteiger partial charge in [0, 0.05) is 16.6 Å². The molecule has 136 valence electrons. The van der Waals surface area contributed by atoms with Crippen molar-refractivity contribution in [1.29, 1.82) is 0 Å². The number of hydrogen-bond acceptors (Lipinski definition) is 3. The number of halogens is 1. The highest BCUT2D eigenvalue weighted by Gasteiger charge is 2.28. The minimum atomic E-state index is -3.50. The van der Waals surface area contributed by atoms with E-state index in [2.05, 4.69) is 10.0 Å². The summed E-state index contributed by atoms with van der Waals surface area (Å²) in [6.07, 6.45) is 3.48. The third kappa shape index (κ3) is 3.63. The van der Waals surface area contributed by atoms with Gasteiger partial charge in [-0.05, 0) is 73.2 Å². The van der Waals surface area contributed by atoms with Crippen LogP contribution in [0.2, 0.25) is 5.02 Å². The smallest absolute Gasteiger partial charge is 0.251 e. The van der Waals surface area contributed by atoms with E-state index in [0.717, 1.165) is 36.8 Å². The molecule has 0 spiro atoms. The van der Waals surface area contributed by atoms with Gasteiger partial charge >= 0.3 is 0 Å². The van der Waals surface area contributed by atoms with E-state index in [1.165, 1.54) is 12.1 Å². The molecule has 0 bridgehead atoms. The maximum atomic E-state index is 12.5. The van der Waals surface area contributed by atoms with Gasteiger partial charge in [0.2, 0.25) is 10.0 Å². The maximum absolute atomic E-state index is 12.5. The first-order chi connectivity index (χ1) is 12.4. The van der Waals surface area contributed by atoms with Gasteiger partial charge in [0.25, 0.3) is 5.91 Å². The maximum Gasteiger partial charge on any atom is 0.251 e. The average molecular weight is 391 g/mol. The number of sulfonamides is 1. The van der Waals surface area contributed by atoms with Crippen LogP contribution in [0.4, 0.5) is 0 Å². The fourth-order valence-electron chi connectivity index (χ4n) is 3.25. The molecule has 0 saturated heterocycles. The van der Waals surface area contributed by atoms with Gasteiger partial charge in [-0.1, -0.05) is 17.7 Å². The number of rotatable bonds is 5. The van der Waals surface area contributed by atoms with E-state index in [1.54, 1.807) is 12.1 Å². The molecule has 26 heavy (non-hydrogen) atoms. The van der Waals surface area contributed by atoms with Crippen LogP contribution in [-0.4, -0.2) is 20.4 Å². The fraction of sp³-hybridized carbons (Fsp3) is 0.316. The molecule has 1 amide bonds. The third-order valence-corrected chi connectivity index (χ3v) is 6.59. The van der Waals surface area contributed by atoms with Crippen molar-refractivity contribution in [3.63, 3.8) is 0 Å². The van der Waals surface area contributed by atoms with Crippen LogP contribution in [0.15, 0.2) is 47.4 Å². The van der Waals surface area contributed by atoms with E-state index in [1.807, 2.05) is 18.2 Å². The summed E-state index contributed by atoms with van der Waals surface area (Å²) in [5.74, 6) is -0.211. The summed E-state index contributed by atoms with van der Waals surface area (Å²) in [5.41, 5.74) is 2.70. The molecule has 1 atom stereocenters. The monoisotopic (exact) mass is 390 g/mol. The molecule has 4 rings (SSSR count). The fourth-order valence-corrected chi connectivity index (χ4v) is 4.75. The lowest BCUT2D eigenvalue weighted by Crippen LogP contribution is -2.28. The first-order valence-electron chi connectivity index (χ1n) is 8.64. The normalized spacial score (nSPS) is 19.2. The second kappa shape index (κ2) is 6.68. The minimum absolute atomic E-state index is 0.0466. The van der Waals surface area contributed by atoms with Crippen LogP contribution in [0.3, 0.4) is 0 Å². The van der Waals surface area contributed by atoms with Crippen LogP contribution < -0.4 is 10.0 Å². The van der Waals surface area contributed by atoms with Crippen LogP contribution in [-0.2, 0) is 16.4 Å². The average Bonchev–Trinajstić information content (AvgIpc) is 3.33. The van der Waals surface area contributed by atoms with E-state index in [-0.39, 0.29) is 22.9 Å². The van der Waals surface area contributed by atoms with Gasteiger partial charge in [0.1, 0.15) is 0 Å². The molecule has 2 aromatic rings. The Labute approximate surface area is 157 Å². The zero-order valence-corrected chi connectivity index (χ0v) is 15.6. The van der Waals surface area contributed by atoms with E-state index in [0.29, 0.717) is 10.6 Å². The second-order valence-electron chi connectivity index (χ2n) is 6.83. The number of carbonyl (C=O) groups is 1. The molecule has 1 saturated carbocycles. The molecule has 2 aliphatic carbocycles. The SMILES string of the molecule is O=C(NC1CCc2cc(Cl)ccc21)c1ccc(S(=O)(=O)NC2CC2)cc1. The molecule has 7 heteroatoms. The van der Waals surface area contributed by atoms with Crippen molar-refractivity contribution >= 4 is 27.5 Å². The highest BCUT2D eigenvalue weighted by Crippen LogP contribution is 2.33. The van der Waals surface area contributed by atoms with Gasteiger partial charge in [-0.15, -0.1) is 0 Å². The predicted molar refractivity (Wildman–Crippen MR) is 99.8 cm³/mol. The molecule has 1 unspecified atom stereocenters. The van der Waals surface area contributed by atoms with Gasteiger partial charge in [-0.3, -0.25) is 4.79 Å². The van der Waals surface area contributed by atoms with Gasteiger partial charge < -0.3 is 5.32 Å². The van der Waals surface area contributed by atoms with Gasteiger partial charge in [-0.25, -0.2) is 13.1 Å². The molecular weight excluding hydrogens is 372 g/mol. The molecule has 0 heterocycles. The third-order valence-electron chi connectivity index (χ3n) is 4.81. The quantitative estimate of drug-likeness (QED) is 0.823. The number of carbonyl (C=O) groups excluding carboxylic acids is 1. The second-order valence-corrected chi connectivity index (χ2v) is 8.98. The largest absolute Gasteiger partial charge is 0.345 e. The highest BCUT2D eigenvalue weighted by atomic mass is 35.5. The summed E-state index contributed by atoms with van der Waals surface area (Å²) < 4.78 is 27.0. The Bertz CT molecular complexity index is 953. The minimum Gasteiger partial charge on any atom is -0.345 e. The standard InChI is InChI=1S/C19H19ClN2O3S/c20-14-4-9-17-13(11-14)3-10-18(17)21-19(23)12-1-7-16(8-2-12)26(24,25)22-15-5-6-15/h1-2,4,7-9,11,15,18,22H,3,5-6,10H2,(H,21,23). The lowest BCUT2D eigenvalue weighted by molar-refractivity contribution is 0.0936. The van der Waals surface area contributed by atoms with Crippen molar-refractivity contribution in [1.82, 2.24) is 10.0 Å². The molecule has 0 radical (unpaired) electrons. The zero-order valence-electron chi connectivity index (χ0n) is 14.0. The molecular formula is C19H19ClN2O3S. The van der Waals surface area contributed by atoms with Crippen molar-refractivity contribution in [2.45, 2.75) is 42.7 Å². The van der Waals surface area contributed by atoms with Crippen molar-refractivity contribution in [2.75, 3.05) is 0 Å². The molecule has 2 aromatic carbocycles. The predicted octanol–water partition coefficient (Wildman–Crippen LogP) is 3.20. The Morgan fingerprint density at radius 3 is 2.46 bits per heavy atom. The van der Waals surface area contributed by atoms with E-state index >= 15 is 0 Å². The van der Waals surface area contributed by atoms with Crippen molar-refractivity contribution in [3.8, 4) is 0 Å². The summed E-state index contributed by atoms with van der Waals surface area (Å²) in [4.78, 5) is 12.7. The van der Waals surface area contributed by atoms with E-state index in [4.69, 9.17) is 11.6 Å². The summed E-state index contributed by atoms with van der Waals surface area (Å²) in [6.45, 7) is 0. The summed E-state index contributed by atoms with van der Waals surface area (Å²) in [7, 11) is -3.50. The topological polar surface area (TPSA) is 75.3 Å². The van der Waals surface area contributed by atoms with Gasteiger partial charge in [0.15, 0.2) is 0 Å². The van der Waals surface area contributed by atoms with Crippen molar-refractivity contribution < 1.29 is 13.2 Å². The van der Waals surface area contributed by atoms with Gasteiger partial charge in [0.05, 0.1) is 10.9 Å². The molecule has 0 aliphatic heterocycles. The molecule has 1 fully saturated rings. The molecule has 0 aromatic heterocycles. The zero-order chi connectivity index (χ0) is 18.3. The van der Waals surface area contributed by atoms with Gasteiger partial charge in [-0.2, -0.15) is 0 Å². The first kappa shape index (κ1) is 17.5. The number of nitrogens with one attached hydrogen (secondary N) is 2. The van der Waals surface area contributed by atoms with Crippen LogP contribution >= 0.6 is 11.6 Å². The van der Waals surface area contributed by atoms with Crippen LogP contribution in [0, 0.1) is 0 Å².